The quantitative estimate of drug-likeness (QED) is 0.730. The fourth-order valence-electron chi connectivity index (χ4n) is 5.05. The number of hydrogen-bond donors (Lipinski definition) is 1. The molecule has 0 spiro atoms. The Bertz CT molecular complexity index is 1110. The maximum Gasteiger partial charge on any atom is 0.221 e. The van der Waals surface area contributed by atoms with Gasteiger partial charge in [0.05, 0.1) is 17.6 Å². The third kappa shape index (κ3) is 4.19. The molecule has 7 heteroatoms. The molecule has 2 atom stereocenters. The first kappa shape index (κ1) is 22.9. The van der Waals surface area contributed by atoms with Crippen molar-refractivity contribution in [3.8, 4) is 6.07 Å². The average Bonchev–Trinajstić information content (AvgIpc) is 2.79. The number of aliphatic hydroxyl groups excluding tert-OH is 1. The van der Waals surface area contributed by atoms with Crippen LogP contribution in [0.2, 0.25) is 0 Å². The van der Waals surface area contributed by atoms with Crippen molar-refractivity contribution >= 4 is 10.0 Å². The number of nitriles is 1. The van der Waals surface area contributed by atoms with Gasteiger partial charge in [-0.3, -0.25) is 0 Å². The van der Waals surface area contributed by atoms with Gasteiger partial charge >= 0.3 is 0 Å². The number of sulfonamides is 1. The van der Waals surface area contributed by atoms with Crippen LogP contribution in [0.25, 0.3) is 0 Å². The highest BCUT2D eigenvalue weighted by atomic mass is 32.2. The number of rotatable bonds is 4. The zero-order valence-corrected chi connectivity index (χ0v) is 19.1. The summed E-state index contributed by atoms with van der Waals surface area (Å²) in [7, 11) is -3.65. The Morgan fingerprint density at radius 2 is 1.81 bits per heavy atom. The highest BCUT2D eigenvalue weighted by molar-refractivity contribution is 7.89. The van der Waals surface area contributed by atoms with E-state index in [-0.39, 0.29) is 12.6 Å². The molecule has 32 heavy (non-hydrogen) atoms. The molecule has 1 aliphatic heterocycles. The van der Waals surface area contributed by atoms with E-state index in [4.69, 9.17) is 0 Å². The molecule has 0 radical (unpaired) electrons. The van der Waals surface area contributed by atoms with Crippen LogP contribution < -0.4 is 0 Å². The summed E-state index contributed by atoms with van der Waals surface area (Å²) in [5, 5.41) is 19.0. The molecule has 170 valence electrons. The van der Waals surface area contributed by atoms with Crippen molar-refractivity contribution in [2.45, 2.75) is 74.8 Å². The van der Waals surface area contributed by atoms with Gasteiger partial charge in [0.2, 0.25) is 10.0 Å². The number of aliphatic hydroxyl groups is 1. The van der Waals surface area contributed by atoms with Crippen molar-refractivity contribution < 1.29 is 17.9 Å². The van der Waals surface area contributed by atoms with Crippen LogP contribution in [0.5, 0.6) is 0 Å². The fourth-order valence-corrected chi connectivity index (χ4v) is 7.24. The number of nitrogens with zero attached hydrogens (tertiary/aromatic N) is 2. The van der Waals surface area contributed by atoms with Gasteiger partial charge in [0, 0.05) is 18.2 Å². The summed E-state index contributed by atoms with van der Waals surface area (Å²) < 4.78 is 43.4. The highest BCUT2D eigenvalue weighted by Gasteiger charge is 2.41. The lowest BCUT2D eigenvalue weighted by atomic mass is 9.69. The maximum atomic E-state index is 15.2. The Hall–Kier alpha value is -2.27. The molecule has 5 nitrogen and oxygen atoms in total. The van der Waals surface area contributed by atoms with Gasteiger partial charge < -0.3 is 5.11 Å². The van der Waals surface area contributed by atoms with E-state index in [1.165, 1.54) is 10.4 Å². The number of halogens is 1. The minimum atomic E-state index is -3.65. The number of benzene rings is 2. The van der Waals surface area contributed by atoms with Crippen molar-refractivity contribution in [2.75, 3.05) is 0 Å². The lowest BCUT2D eigenvalue weighted by molar-refractivity contribution is 0.109. The second-order valence-corrected chi connectivity index (χ2v) is 11.2. The van der Waals surface area contributed by atoms with Crippen LogP contribution in [0, 0.1) is 17.1 Å². The topological polar surface area (TPSA) is 81.4 Å². The molecule has 1 heterocycles. The van der Waals surface area contributed by atoms with E-state index >= 15 is 4.39 Å². The largest absolute Gasteiger partial charge is 0.393 e. The minimum absolute atomic E-state index is 0.0305. The highest BCUT2D eigenvalue weighted by Crippen LogP contribution is 2.41. The molecule has 0 amide bonds. The van der Waals surface area contributed by atoms with E-state index in [0.717, 1.165) is 5.56 Å². The van der Waals surface area contributed by atoms with E-state index in [1.54, 1.807) is 12.1 Å². The standard InChI is InChI=1S/C25H29FN2O3S/c1-18-7-10-24(19-5-3-2-4-6-19)32(30,31)28(18)16-20-8-9-21(15-23(20)26)25(17-27)13-11-22(29)12-14-25/h2-6,8-9,15,18,22,24,29H,7,10-14,16H2,1H3/t18-,22-,24+,25-/m0/s1. The van der Waals surface area contributed by atoms with E-state index in [1.807, 2.05) is 37.3 Å². The summed E-state index contributed by atoms with van der Waals surface area (Å²) in [6.45, 7) is 1.83. The Labute approximate surface area is 189 Å². The first-order valence-corrected chi connectivity index (χ1v) is 12.7. The molecule has 1 saturated heterocycles. The van der Waals surface area contributed by atoms with E-state index in [9.17, 15) is 18.8 Å². The number of hydrogen-bond acceptors (Lipinski definition) is 4. The third-order valence-electron chi connectivity index (χ3n) is 7.15. The smallest absolute Gasteiger partial charge is 0.221 e. The molecule has 4 rings (SSSR count). The summed E-state index contributed by atoms with van der Waals surface area (Å²) in [5.41, 5.74) is 0.865. The molecule has 2 aliphatic rings. The first-order valence-electron chi connectivity index (χ1n) is 11.2. The molecule has 0 unspecified atom stereocenters. The maximum absolute atomic E-state index is 15.2. The minimum Gasteiger partial charge on any atom is -0.393 e. The summed E-state index contributed by atoms with van der Waals surface area (Å²) in [6, 6.07) is 16.0. The van der Waals surface area contributed by atoms with Gasteiger partial charge in [0.25, 0.3) is 0 Å². The van der Waals surface area contributed by atoms with E-state index < -0.39 is 32.6 Å². The van der Waals surface area contributed by atoms with Crippen LogP contribution in [0.15, 0.2) is 48.5 Å². The fraction of sp³-hybridized carbons (Fsp3) is 0.480. The molecule has 2 aromatic rings. The Kier molecular flexibility index (Phi) is 6.39. The second-order valence-electron chi connectivity index (χ2n) is 9.15. The van der Waals surface area contributed by atoms with Crippen molar-refractivity contribution in [3.05, 3.63) is 71.0 Å². The molecule has 1 N–H and O–H groups in total. The molecule has 2 fully saturated rings. The summed E-state index contributed by atoms with van der Waals surface area (Å²) in [5.74, 6) is -0.493. The van der Waals surface area contributed by atoms with Gasteiger partial charge in [-0.25, -0.2) is 12.8 Å². The van der Waals surface area contributed by atoms with Crippen molar-refractivity contribution in [1.29, 1.82) is 5.26 Å². The zero-order chi connectivity index (χ0) is 22.9. The second kappa shape index (κ2) is 8.93. The van der Waals surface area contributed by atoms with Crippen molar-refractivity contribution in [1.82, 2.24) is 4.31 Å². The average molecular weight is 457 g/mol. The van der Waals surface area contributed by atoms with Crippen LogP contribution in [0.4, 0.5) is 4.39 Å². The van der Waals surface area contributed by atoms with Gasteiger partial charge in [-0.2, -0.15) is 9.57 Å². The monoisotopic (exact) mass is 456 g/mol. The SMILES string of the molecule is C[C@H]1CC[C@H](c2ccccc2)S(=O)(=O)N1Cc1ccc([C@]2(C#N)CC[C@@H](O)CC2)cc1F. The lowest BCUT2D eigenvalue weighted by Gasteiger charge is -2.37. The van der Waals surface area contributed by atoms with Crippen LogP contribution >= 0.6 is 0 Å². The van der Waals surface area contributed by atoms with Crippen LogP contribution in [-0.4, -0.2) is 30.0 Å². The van der Waals surface area contributed by atoms with Crippen molar-refractivity contribution in [2.24, 2.45) is 0 Å². The lowest BCUT2D eigenvalue weighted by Crippen LogP contribution is -2.44. The van der Waals surface area contributed by atoms with E-state index in [0.29, 0.717) is 49.7 Å². The van der Waals surface area contributed by atoms with Crippen LogP contribution in [0.1, 0.15) is 67.4 Å². The van der Waals surface area contributed by atoms with Crippen LogP contribution in [0.3, 0.4) is 0 Å². The summed E-state index contributed by atoms with van der Waals surface area (Å²) >= 11 is 0. The first-order chi connectivity index (χ1) is 15.3. The third-order valence-corrected chi connectivity index (χ3v) is 9.52. The normalized spacial score (nSPS) is 30.5. The zero-order valence-electron chi connectivity index (χ0n) is 18.2. The molecule has 1 saturated carbocycles. The van der Waals surface area contributed by atoms with Crippen molar-refractivity contribution in [3.63, 3.8) is 0 Å². The van der Waals surface area contributed by atoms with Gasteiger partial charge in [0.1, 0.15) is 11.1 Å². The van der Waals surface area contributed by atoms with Crippen LogP contribution in [-0.2, 0) is 22.0 Å². The molecule has 0 bridgehead atoms. The summed E-state index contributed by atoms with van der Waals surface area (Å²) in [6.07, 6.45) is 2.84. The molecule has 0 aromatic heterocycles. The molecule has 1 aliphatic carbocycles. The van der Waals surface area contributed by atoms with Gasteiger partial charge in [-0.15, -0.1) is 0 Å². The summed E-state index contributed by atoms with van der Waals surface area (Å²) in [4.78, 5) is 0. The Balaban J connectivity index is 1.60. The molecular weight excluding hydrogens is 427 g/mol. The molecular formula is C25H29FN2O3S. The molecule has 2 aromatic carbocycles. The predicted octanol–water partition coefficient (Wildman–Crippen LogP) is 4.58. The Morgan fingerprint density at radius 3 is 2.44 bits per heavy atom. The van der Waals surface area contributed by atoms with Gasteiger partial charge in [0.15, 0.2) is 0 Å². The Morgan fingerprint density at radius 1 is 1.12 bits per heavy atom. The predicted molar refractivity (Wildman–Crippen MR) is 121 cm³/mol. The van der Waals surface area contributed by atoms with Gasteiger partial charge in [-0.1, -0.05) is 42.5 Å². The van der Waals surface area contributed by atoms with Gasteiger partial charge in [-0.05, 0) is 62.6 Å². The van der Waals surface area contributed by atoms with E-state index in [2.05, 4.69) is 6.07 Å².